The minimum atomic E-state index is -0.494. The molecule has 2 aliphatic carbocycles. The zero-order chi connectivity index (χ0) is 23.6. The second-order valence-corrected chi connectivity index (χ2v) is 11.1. The van der Waals surface area contributed by atoms with E-state index in [0.717, 1.165) is 48.7 Å². The number of carbonyl (C=O) groups excluding carboxylic acids is 1. The van der Waals surface area contributed by atoms with Gasteiger partial charge >= 0.3 is 6.09 Å². The van der Waals surface area contributed by atoms with Crippen LogP contribution in [0.15, 0.2) is 6.33 Å². The third kappa shape index (κ3) is 5.58. The third-order valence-electron chi connectivity index (χ3n) is 6.40. The molecule has 33 heavy (non-hydrogen) atoms. The Labute approximate surface area is 199 Å². The number of aliphatic hydroxyl groups excluding tert-OH is 1. The Kier molecular flexibility index (Phi) is 7.40. The van der Waals surface area contributed by atoms with Crippen molar-refractivity contribution in [1.29, 1.82) is 0 Å². The molecule has 2 aromatic rings. The van der Waals surface area contributed by atoms with Gasteiger partial charge in [-0.3, -0.25) is 0 Å². The first-order valence-electron chi connectivity index (χ1n) is 11.8. The quantitative estimate of drug-likeness (QED) is 0.595. The second-order valence-electron chi connectivity index (χ2n) is 9.97. The first-order chi connectivity index (χ1) is 15.8. The van der Waals surface area contributed by atoms with Gasteiger partial charge in [-0.15, -0.1) is 11.3 Å². The molecular weight excluding hydrogens is 442 g/mol. The van der Waals surface area contributed by atoms with Gasteiger partial charge in [0.05, 0.1) is 25.2 Å². The minimum absolute atomic E-state index is 0.0349. The molecule has 1 N–H and O–H groups in total. The predicted octanol–water partition coefficient (Wildman–Crippen LogP) is 4.29. The Morgan fingerprint density at radius 2 is 1.97 bits per heavy atom. The number of hydrogen-bond acceptors (Lipinski definition) is 8. The summed E-state index contributed by atoms with van der Waals surface area (Å²) in [5.41, 5.74) is 0.771. The third-order valence-corrected chi connectivity index (χ3v) is 7.57. The van der Waals surface area contributed by atoms with Gasteiger partial charge < -0.3 is 24.2 Å². The number of ether oxygens (including phenoxy) is 3. The number of amides is 1. The summed E-state index contributed by atoms with van der Waals surface area (Å²) in [6, 6.07) is 0.156. The molecule has 0 aromatic carbocycles. The normalized spacial score (nSPS) is 22.9. The zero-order valence-corrected chi connectivity index (χ0v) is 20.8. The Morgan fingerprint density at radius 3 is 2.67 bits per heavy atom. The van der Waals surface area contributed by atoms with Crippen molar-refractivity contribution in [3.8, 4) is 5.88 Å². The van der Waals surface area contributed by atoms with E-state index in [9.17, 15) is 4.79 Å². The summed E-state index contributed by atoms with van der Waals surface area (Å²) < 4.78 is 17.6. The SMILES string of the molecule is CN(C(=O)OC(C)(C)C)[C@H]1CC[C@H](Oc2ncnc3sc4c(c23)[C@@H](COCCO)CC4)CC1. The average molecular weight is 478 g/mol. The van der Waals surface area contributed by atoms with Gasteiger partial charge in [0.1, 0.15) is 22.9 Å². The molecule has 182 valence electrons. The summed E-state index contributed by atoms with van der Waals surface area (Å²) >= 11 is 1.72. The fourth-order valence-electron chi connectivity index (χ4n) is 4.78. The molecule has 0 aliphatic heterocycles. The molecule has 0 saturated heterocycles. The summed E-state index contributed by atoms with van der Waals surface area (Å²) in [7, 11) is 1.82. The predicted molar refractivity (Wildman–Crippen MR) is 127 cm³/mol. The van der Waals surface area contributed by atoms with Crippen molar-refractivity contribution in [3.63, 3.8) is 0 Å². The van der Waals surface area contributed by atoms with E-state index in [1.807, 2.05) is 27.8 Å². The van der Waals surface area contributed by atoms with E-state index in [0.29, 0.717) is 19.1 Å². The Balaban J connectivity index is 1.42. The lowest BCUT2D eigenvalue weighted by molar-refractivity contribution is 0.0137. The number of aliphatic hydroxyl groups is 1. The van der Waals surface area contributed by atoms with E-state index >= 15 is 0 Å². The maximum atomic E-state index is 12.4. The standard InChI is InChI=1S/C24H35N3O5S/c1-24(2,3)32-23(29)27(4)16-6-8-17(9-7-16)31-21-20-19-15(13-30-12-11-28)5-10-18(19)33-22(20)26-14-25-21/h14-17,28H,5-13H2,1-4H3/t15-,16-,17-/m1/s1. The van der Waals surface area contributed by atoms with E-state index in [1.54, 1.807) is 22.6 Å². The highest BCUT2D eigenvalue weighted by molar-refractivity contribution is 7.19. The molecule has 8 nitrogen and oxygen atoms in total. The minimum Gasteiger partial charge on any atom is -0.474 e. The average Bonchev–Trinajstić information content (AvgIpc) is 3.33. The first kappa shape index (κ1) is 24.2. The first-order valence-corrected chi connectivity index (χ1v) is 12.7. The summed E-state index contributed by atoms with van der Waals surface area (Å²) in [6.07, 6.45) is 6.89. The van der Waals surface area contributed by atoms with Gasteiger partial charge in [-0.2, -0.15) is 0 Å². The molecule has 2 heterocycles. The van der Waals surface area contributed by atoms with Crippen LogP contribution in [-0.2, 0) is 15.9 Å². The number of carbonyl (C=O) groups is 1. The van der Waals surface area contributed by atoms with Gasteiger partial charge in [-0.25, -0.2) is 14.8 Å². The molecule has 4 rings (SSSR count). The van der Waals surface area contributed by atoms with Gasteiger partial charge in [0.25, 0.3) is 0 Å². The van der Waals surface area contributed by atoms with Crippen molar-refractivity contribution in [2.24, 2.45) is 0 Å². The Hall–Kier alpha value is -1.97. The van der Waals surface area contributed by atoms with Gasteiger partial charge in [-0.05, 0) is 64.9 Å². The number of nitrogens with zero attached hydrogens (tertiary/aromatic N) is 3. The fraction of sp³-hybridized carbons (Fsp3) is 0.708. The van der Waals surface area contributed by atoms with Crippen LogP contribution in [0, 0.1) is 0 Å². The van der Waals surface area contributed by atoms with Crippen LogP contribution in [0.3, 0.4) is 0 Å². The summed E-state index contributed by atoms with van der Waals surface area (Å²) in [4.78, 5) is 25.5. The molecule has 0 unspecified atom stereocenters. The molecule has 9 heteroatoms. The molecule has 1 atom stereocenters. The lowest BCUT2D eigenvalue weighted by Gasteiger charge is -2.35. The summed E-state index contributed by atoms with van der Waals surface area (Å²) in [6.45, 7) is 6.64. The van der Waals surface area contributed by atoms with E-state index in [-0.39, 0.29) is 30.8 Å². The number of rotatable bonds is 7. The number of hydrogen-bond donors (Lipinski definition) is 1. The maximum Gasteiger partial charge on any atom is 0.410 e. The monoisotopic (exact) mass is 477 g/mol. The summed E-state index contributed by atoms with van der Waals surface area (Å²) in [5.74, 6) is 0.947. The molecular formula is C24H35N3O5S. The van der Waals surface area contributed by atoms with E-state index in [2.05, 4.69) is 9.97 Å². The Bertz CT molecular complexity index is 965. The van der Waals surface area contributed by atoms with Crippen molar-refractivity contribution in [2.45, 2.75) is 83.0 Å². The number of aromatic nitrogens is 2. The van der Waals surface area contributed by atoms with Crippen LogP contribution in [0.1, 0.15) is 69.2 Å². The topological polar surface area (TPSA) is 94.0 Å². The van der Waals surface area contributed by atoms with E-state index in [4.69, 9.17) is 19.3 Å². The van der Waals surface area contributed by atoms with Crippen LogP contribution in [0.5, 0.6) is 5.88 Å². The van der Waals surface area contributed by atoms with Crippen molar-refractivity contribution in [2.75, 3.05) is 26.9 Å². The summed E-state index contributed by atoms with van der Waals surface area (Å²) in [5, 5.41) is 10.1. The van der Waals surface area contributed by atoms with Crippen molar-refractivity contribution < 1.29 is 24.1 Å². The highest BCUT2D eigenvalue weighted by Crippen LogP contribution is 2.46. The van der Waals surface area contributed by atoms with E-state index in [1.165, 1.54) is 10.4 Å². The number of fused-ring (bicyclic) bond motifs is 3. The Morgan fingerprint density at radius 1 is 1.21 bits per heavy atom. The van der Waals surface area contributed by atoms with Crippen LogP contribution in [0.2, 0.25) is 0 Å². The van der Waals surface area contributed by atoms with Crippen molar-refractivity contribution in [3.05, 3.63) is 16.8 Å². The molecule has 1 amide bonds. The smallest absolute Gasteiger partial charge is 0.410 e. The van der Waals surface area contributed by atoms with Crippen molar-refractivity contribution in [1.82, 2.24) is 14.9 Å². The molecule has 0 spiro atoms. The van der Waals surface area contributed by atoms with Crippen LogP contribution in [0.25, 0.3) is 10.2 Å². The zero-order valence-electron chi connectivity index (χ0n) is 20.0. The van der Waals surface area contributed by atoms with E-state index < -0.39 is 5.60 Å². The molecule has 2 aliphatic rings. The molecule has 2 aromatic heterocycles. The lowest BCUT2D eigenvalue weighted by Crippen LogP contribution is -2.43. The van der Waals surface area contributed by atoms with Crippen LogP contribution in [0.4, 0.5) is 4.79 Å². The molecule has 1 fully saturated rings. The fourth-order valence-corrected chi connectivity index (χ4v) is 6.01. The highest BCUT2D eigenvalue weighted by Gasteiger charge is 2.33. The molecule has 0 radical (unpaired) electrons. The van der Waals surface area contributed by atoms with Gasteiger partial charge in [0, 0.05) is 23.9 Å². The van der Waals surface area contributed by atoms with Gasteiger partial charge in [-0.1, -0.05) is 0 Å². The van der Waals surface area contributed by atoms with Crippen molar-refractivity contribution >= 4 is 27.6 Å². The number of aryl methyl sites for hydroxylation is 1. The highest BCUT2D eigenvalue weighted by atomic mass is 32.1. The van der Waals surface area contributed by atoms with Gasteiger partial charge in [0.15, 0.2) is 0 Å². The van der Waals surface area contributed by atoms with Crippen LogP contribution < -0.4 is 4.74 Å². The lowest BCUT2D eigenvalue weighted by atomic mass is 9.92. The van der Waals surface area contributed by atoms with Crippen LogP contribution >= 0.6 is 11.3 Å². The second kappa shape index (κ2) is 10.1. The molecule has 1 saturated carbocycles. The maximum absolute atomic E-state index is 12.4. The molecule has 0 bridgehead atoms. The van der Waals surface area contributed by atoms with Crippen LogP contribution in [-0.4, -0.2) is 70.7 Å². The largest absolute Gasteiger partial charge is 0.474 e. The number of thiophene rings is 1. The van der Waals surface area contributed by atoms with Gasteiger partial charge in [0.2, 0.25) is 5.88 Å².